The van der Waals surface area contributed by atoms with Crippen LogP contribution in [0.15, 0.2) is 200 Å². The molecule has 2 radical (unpaired) electrons. The van der Waals surface area contributed by atoms with Crippen LogP contribution in [0, 0.1) is 10.8 Å². The number of allylic oxidation sites excluding steroid dienone is 8. The summed E-state index contributed by atoms with van der Waals surface area (Å²) < 4.78 is 23.4. The third kappa shape index (κ3) is 7.71. The van der Waals surface area contributed by atoms with Crippen molar-refractivity contribution >= 4 is 82.2 Å². The zero-order valence-electron chi connectivity index (χ0n) is 37.3. The Hall–Kier alpha value is -7.19. The summed E-state index contributed by atoms with van der Waals surface area (Å²) in [4.78, 5) is 2.10. The average molecular weight is 893 g/mol. The topological polar surface area (TPSA) is 105 Å². The SMILES string of the molecule is C[Si](C)/N=C1/C=CC=C(N(C2=CC=C(c3ccccc3)C(=N)/C2=N\[Si](C)C)c2ccc(-c3ccc(-c4ccc5c(c4)c4ccccc4n5-c4ccccc4)cc3)c3c2=N[Si](C)(C)N=3)C1=N. The average Bonchev–Trinajstić information content (AvgIpc) is 3.82. The smallest absolute Gasteiger partial charge is 0.298 e. The Bertz CT molecular complexity index is 3430. The van der Waals surface area contributed by atoms with Gasteiger partial charge in [0.05, 0.1) is 56.0 Å². The van der Waals surface area contributed by atoms with Gasteiger partial charge in [-0.3, -0.25) is 20.1 Å². The lowest BCUT2D eigenvalue weighted by molar-refractivity contribution is 1.14. The molecule has 3 aliphatic rings. The maximum absolute atomic E-state index is 9.68. The number of fused-ring (bicyclic) bond motifs is 4. The van der Waals surface area contributed by atoms with E-state index in [2.05, 4.69) is 164 Å². The van der Waals surface area contributed by atoms with Crippen LogP contribution in [0.4, 0.5) is 5.69 Å². The Morgan fingerprint density at radius 3 is 1.95 bits per heavy atom. The fourth-order valence-corrected chi connectivity index (χ4v) is 12.0. The number of rotatable bonds is 9. The number of anilines is 1. The number of benzene rings is 6. The minimum atomic E-state index is -2.47. The van der Waals surface area contributed by atoms with Gasteiger partial charge < -0.3 is 18.8 Å². The van der Waals surface area contributed by atoms with E-state index in [1.165, 1.54) is 21.8 Å². The van der Waals surface area contributed by atoms with Gasteiger partial charge in [0.15, 0.2) is 17.9 Å². The van der Waals surface area contributed by atoms with Gasteiger partial charge in [-0.15, -0.1) is 0 Å². The number of aromatic nitrogens is 1. The van der Waals surface area contributed by atoms with Gasteiger partial charge in [0, 0.05) is 27.6 Å². The summed E-state index contributed by atoms with van der Waals surface area (Å²) in [5.41, 5.74) is 13.8. The summed E-state index contributed by atoms with van der Waals surface area (Å²) in [6.07, 6.45) is 9.96. The van der Waals surface area contributed by atoms with E-state index in [1.807, 2.05) is 54.6 Å². The van der Waals surface area contributed by atoms with Crippen LogP contribution in [0.5, 0.6) is 0 Å². The highest BCUT2D eigenvalue weighted by atomic mass is 28.3. The minimum Gasteiger partial charge on any atom is -0.321 e. The minimum absolute atomic E-state index is 0.324. The molecule has 0 bridgehead atoms. The van der Waals surface area contributed by atoms with Gasteiger partial charge in [0.2, 0.25) is 0 Å². The molecule has 0 saturated carbocycles. The second kappa shape index (κ2) is 16.7. The summed E-state index contributed by atoms with van der Waals surface area (Å²) in [6.45, 7) is 12.9. The number of para-hydroxylation sites is 2. The molecule has 2 N–H and O–H groups in total. The van der Waals surface area contributed by atoms with Crippen molar-refractivity contribution in [2.75, 3.05) is 4.90 Å². The third-order valence-electron chi connectivity index (χ3n) is 11.8. The fraction of sp³-hybridized carbons (Fsp3) is 0.111. The molecule has 0 atom stereocenters. The summed E-state index contributed by atoms with van der Waals surface area (Å²) in [5, 5.41) is 23.4. The molecule has 1 aliphatic heterocycles. The van der Waals surface area contributed by atoms with Crippen molar-refractivity contribution in [3.8, 4) is 27.9 Å². The molecule has 316 valence electrons. The molecule has 7 aromatic rings. The molecule has 1 aromatic heterocycles. The first-order valence-electron chi connectivity index (χ1n) is 21.9. The van der Waals surface area contributed by atoms with E-state index in [9.17, 15) is 10.8 Å². The summed E-state index contributed by atoms with van der Waals surface area (Å²) in [6, 6.07) is 49.1. The van der Waals surface area contributed by atoms with Crippen LogP contribution in [0.3, 0.4) is 0 Å². The highest BCUT2D eigenvalue weighted by Gasteiger charge is 2.34. The van der Waals surface area contributed by atoms with Crippen LogP contribution in [0.25, 0.3) is 55.3 Å². The van der Waals surface area contributed by atoms with Gasteiger partial charge in [0.25, 0.3) is 8.40 Å². The van der Waals surface area contributed by atoms with Gasteiger partial charge in [-0.2, -0.15) is 0 Å². The normalized spacial score (nSPS) is 16.8. The van der Waals surface area contributed by atoms with Crippen molar-refractivity contribution < 1.29 is 0 Å². The monoisotopic (exact) mass is 892 g/mol. The largest absolute Gasteiger partial charge is 0.321 e. The first kappa shape index (κ1) is 41.8. The number of hydrogen-bond donors (Lipinski definition) is 2. The Morgan fingerprint density at radius 2 is 1.22 bits per heavy atom. The van der Waals surface area contributed by atoms with Crippen molar-refractivity contribution in [2.45, 2.75) is 39.3 Å². The van der Waals surface area contributed by atoms with E-state index in [4.69, 9.17) is 18.6 Å². The lowest BCUT2D eigenvalue weighted by Crippen LogP contribution is -2.42. The molecule has 11 heteroatoms. The summed E-state index contributed by atoms with van der Waals surface area (Å²) >= 11 is 0. The van der Waals surface area contributed by atoms with E-state index in [0.717, 1.165) is 61.2 Å². The first-order chi connectivity index (χ1) is 31.5. The van der Waals surface area contributed by atoms with E-state index in [1.54, 1.807) is 0 Å². The van der Waals surface area contributed by atoms with Crippen LogP contribution < -0.4 is 15.6 Å². The number of hydrogen-bond acceptors (Lipinski definition) is 7. The van der Waals surface area contributed by atoms with Crippen LogP contribution in [-0.2, 0) is 0 Å². The molecule has 0 fully saturated rings. The van der Waals surface area contributed by atoms with Crippen molar-refractivity contribution in [2.24, 2.45) is 18.6 Å². The molecular formula is C54H48N8Si3. The standard InChI is InChI=1S/C54H48N8Si3/c1-63(2)57-44-21-15-23-47(51(44)56)62(48-32-29-40(36-16-9-7-10-17-36)50(55)53(48)58-64(3)4)49-33-30-41(52-54(49)60-65(5,6)59-52)37-26-24-35(25-27-37)38-28-31-46-43(34-38)42-20-13-14-22-45(42)61(46)39-18-11-8-12-19-39/h7-34,55-56H,1-6H3/b55-50?,56-51?,57-44-,58-53-. The van der Waals surface area contributed by atoms with E-state index < -0.39 is 26.3 Å². The third-order valence-corrected chi connectivity index (χ3v) is 14.7. The molecular weight excluding hydrogens is 845 g/mol. The molecule has 8 nitrogen and oxygen atoms in total. The van der Waals surface area contributed by atoms with Gasteiger partial charge in [-0.25, -0.2) is 0 Å². The van der Waals surface area contributed by atoms with Crippen LogP contribution in [-0.4, -0.2) is 53.7 Å². The highest BCUT2D eigenvalue weighted by Crippen LogP contribution is 2.36. The molecule has 65 heavy (non-hydrogen) atoms. The Labute approximate surface area is 384 Å². The van der Waals surface area contributed by atoms with Crippen LogP contribution in [0.1, 0.15) is 5.56 Å². The zero-order valence-corrected chi connectivity index (χ0v) is 40.3. The van der Waals surface area contributed by atoms with Gasteiger partial charge in [0.1, 0.15) is 5.71 Å². The van der Waals surface area contributed by atoms with Gasteiger partial charge in [-0.05, 0) is 96.1 Å². The number of nitrogens with zero attached hydrogens (tertiary/aromatic N) is 6. The summed E-state index contributed by atoms with van der Waals surface area (Å²) in [5.74, 6) is 0. The van der Waals surface area contributed by atoms with Gasteiger partial charge >= 0.3 is 0 Å². The predicted molar refractivity (Wildman–Crippen MR) is 279 cm³/mol. The Morgan fingerprint density at radius 1 is 0.569 bits per heavy atom. The van der Waals surface area contributed by atoms with E-state index in [-0.39, 0.29) is 0 Å². The number of nitrogens with one attached hydrogen (secondary N) is 2. The molecule has 0 amide bonds. The van der Waals surface area contributed by atoms with E-state index in [0.29, 0.717) is 28.5 Å². The molecule has 0 unspecified atom stereocenters. The van der Waals surface area contributed by atoms with Crippen molar-refractivity contribution in [1.82, 2.24) is 4.57 Å². The van der Waals surface area contributed by atoms with Crippen molar-refractivity contribution in [3.63, 3.8) is 0 Å². The quantitative estimate of drug-likeness (QED) is 0.109. The lowest BCUT2D eigenvalue weighted by Gasteiger charge is -2.34. The maximum atomic E-state index is 9.68. The Kier molecular flexibility index (Phi) is 10.8. The predicted octanol–water partition coefficient (Wildman–Crippen LogP) is 11.7. The van der Waals surface area contributed by atoms with Gasteiger partial charge in [-0.1, -0.05) is 135 Å². The molecule has 2 heterocycles. The molecule has 2 aliphatic carbocycles. The molecule has 6 aromatic carbocycles. The highest BCUT2D eigenvalue weighted by molar-refractivity contribution is 6.74. The zero-order chi connectivity index (χ0) is 45.0. The molecule has 10 rings (SSSR count). The fourth-order valence-electron chi connectivity index (χ4n) is 9.02. The Balaban J connectivity index is 1.10. The second-order valence-corrected chi connectivity index (χ2v) is 25.1. The second-order valence-electron chi connectivity index (χ2n) is 17.4. The summed E-state index contributed by atoms with van der Waals surface area (Å²) in [7, 11) is -4.71. The van der Waals surface area contributed by atoms with Crippen LogP contribution >= 0.6 is 0 Å². The maximum Gasteiger partial charge on any atom is 0.298 e. The first-order valence-corrected chi connectivity index (χ1v) is 29.7. The van der Waals surface area contributed by atoms with Crippen molar-refractivity contribution in [1.29, 1.82) is 10.8 Å². The molecule has 0 spiro atoms. The van der Waals surface area contributed by atoms with Crippen molar-refractivity contribution in [3.05, 3.63) is 198 Å². The van der Waals surface area contributed by atoms with Crippen LogP contribution in [0.2, 0.25) is 39.3 Å². The lowest BCUT2D eigenvalue weighted by atomic mass is 9.90. The van der Waals surface area contributed by atoms with E-state index >= 15 is 0 Å². The molecule has 0 saturated heterocycles.